The maximum Gasteiger partial charge on any atom is 1.00 e. The van der Waals surface area contributed by atoms with Crippen molar-refractivity contribution in [3.63, 3.8) is 0 Å². The quantitative estimate of drug-likeness (QED) is 0.138. The second-order valence-corrected chi connectivity index (χ2v) is 11.1. The van der Waals surface area contributed by atoms with Crippen LogP contribution in [0.25, 0.3) is 22.9 Å². The molecule has 6 rings (SSSR count). The molecule has 0 bridgehead atoms. The van der Waals surface area contributed by atoms with Gasteiger partial charge in [-0.1, -0.05) is 28.1 Å². The summed E-state index contributed by atoms with van der Waals surface area (Å²) in [5.41, 5.74) is 9.15. The molecular formula is C36H38BrN8O2Os. The van der Waals surface area contributed by atoms with E-state index in [0.717, 1.165) is 51.4 Å². The number of benzene rings is 1. The van der Waals surface area contributed by atoms with E-state index >= 15 is 0 Å². The Hall–Kier alpha value is -4.52. The van der Waals surface area contributed by atoms with Gasteiger partial charge in [0.2, 0.25) is 5.91 Å². The van der Waals surface area contributed by atoms with Crippen molar-refractivity contribution < 1.29 is 29.3 Å². The summed E-state index contributed by atoms with van der Waals surface area (Å²) >= 11 is 3.11. The number of hydrogen-bond donors (Lipinski definition) is 1. The van der Waals surface area contributed by atoms with Gasteiger partial charge in [-0.3, -0.25) is 4.79 Å². The number of alkyl halides is 1. The summed E-state index contributed by atoms with van der Waals surface area (Å²) in [5.74, 6) is 2.38. The predicted octanol–water partition coefficient (Wildman–Crippen LogP) is 7.27. The number of nitrogens with zero attached hydrogens (tertiary/aromatic N) is 7. The molecule has 0 aliphatic carbocycles. The standard InChI is InChI=1S/C14H12BrN2O2.2C11H13N3.Os/c1-19-12-5-6-16-13(8-12)10-3-2-4-11(7-10)17-14(18)9-15;2*1-8-9(2)13-14(10(8)3)11-6-4-5-7-12-11;/h2,4-8H,9H2,1H3,(H,17,18);2*4-7H,1-3H3;/q-1;;;+1. The predicted molar refractivity (Wildman–Crippen MR) is 189 cm³/mol. The largest absolute Gasteiger partial charge is 1.00 e. The van der Waals surface area contributed by atoms with Gasteiger partial charge in [-0.05, 0) is 100 Å². The van der Waals surface area contributed by atoms with E-state index in [1.807, 2.05) is 71.7 Å². The normalized spacial score (nSPS) is 10.1. The van der Waals surface area contributed by atoms with Gasteiger partial charge in [-0.15, -0.1) is 29.8 Å². The topological polar surface area (TPSA) is 113 Å². The van der Waals surface area contributed by atoms with E-state index in [0.29, 0.717) is 5.69 Å². The fraction of sp³-hybridized carbons (Fsp3) is 0.222. The first kappa shape index (κ1) is 37.9. The molecule has 12 heteroatoms. The Balaban J connectivity index is 0.000000197. The number of anilines is 1. The van der Waals surface area contributed by atoms with Crippen LogP contribution in [0, 0.1) is 47.6 Å². The van der Waals surface area contributed by atoms with Crippen LogP contribution in [-0.4, -0.2) is 52.9 Å². The fourth-order valence-corrected chi connectivity index (χ4v) is 4.56. The van der Waals surface area contributed by atoms with Crippen molar-refractivity contribution in [2.75, 3.05) is 17.8 Å². The van der Waals surface area contributed by atoms with E-state index in [1.165, 1.54) is 11.1 Å². The van der Waals surface area contributed by atoms with Gasteiger partial charge in [0.1, 0.15) is 5.75 Å². The molecule has 48 heavy (non-hydrogen) atoms. The summed E-state index contributed by atoms with van der Waals surface area (Å²) in [6.45, 7) is 12.3. The van der Waals surface area contributed by atoms with Crippen LogP contribution in [-0.2, 0) is 24.6 Å². The maximum absolute atomic E-state index is 11.3. The molecule has 1 amide bonds. The molecule has 1 aromatic carbocycles. The number of nitrogens with one attached hydrogen (secondary N) is 1. The van der Waals surface area contributed by atoms with Gasteiger partial charge in [-0.25, -0.2) is 19.3 Å². The summed E-state index contributed by atoms with van der Waals surface area (Å²) in [4.78, 5) is 24.1. The van der Waals surface area contributed by atoms with Crippen molar-refractivity contribution in [2.45, 2.75) is 41.5 Å². The Morgan fingerprint density at radius 2 is 1.35 bits per heavy atom. The third-order valence-corrected chi connectivity index (χ3v) is 8.00. The van der Waals surface area contributed by atoms with Gasteiger partial charge in [0.25, 0.3) is 0 Å². The molecule has 5 heterocycles. The molecule has 0 fully saturated rings. The fourth-order valence-electron chi connectivity index (χ4n) is 4.42. The van der Waals surface area contributed by atoms with Crippen LogP contribution >= 0.6 is 15.9 Å². The van der Waals surface area contributed by atoms with Crippen LogP contribution in [0.3, 0.4) is 0 Å². The number of carbonyl (C=O) groups excluding carboxylic acids is 1. The summed E-state index contributed by atoms with van der Waals surface area (Å²) in [7, 11) is 1.61. The Morgan fingerprint density at radius 1 is 0.792 bits per heavy atom. The zero-order valence-corrected chi connectivity index (χ0v) is 32.1. The van der Waals surface area contributed by atoms with Gasteiger partial charge in [-0.2, -0.15) is 10.2 Å². The molecule has 0 spiro atoms. The number of aromatic nitrogens is 7. The first-order valence-corrected chi connectivity index (χ1v) is 16.0. The van der Waals surface area contributed by atoms with Crippen molar-refractivity contribution >= 4 is 27.5 Å². The Labute approximate surface area is 303 Å². The van der Waals surface area contributed by atoms with Gasteiger partial charge < -0.3 is 15.0 Å². The second kappa shape index (κ2) is 18.1. The van der Waals surface area contributed by atoms with E-state index in [-0.39, 0.29) is 31.0 Å². The second-order valence-electron chi connectivity index (χ2n) is 10.5. The van der Waals surface area contributed by atoms with Crippen molar-refractivity contribution in [1.82, 2.24) is 34.5 Å². The molecular weight excluding hydrogens is 847 g/mol. The average Bonchev–Trinajstić information content (AvgIpc) is 3.53. The summed E-state index contributed by atoms with van der Waals surface area (Å²) in [5, 5.41) is 11.9. The number of aryl methyl sites for hydroxylation is 2. The van der Waals surface area contributed by atoms with Crippen LogP contribution in [0.4, 0.5) is 5.69 Å². The van der Waals surface area contributed by atoms with Crippen LogP contribution in [0.1, 0.15) is 33.9 Å². The molecule has 0 unspecified atom stereocenters. The number of rotatable bonds is 6. The van der Waals surface area contributed by atoms with E-state index in [1.54, 1.807) is 43.9 Å². The summed E-state index contributed by atoms with van der Waals surface area (Å²) < 4.78 is 8.92. The molecule has 5 aromatic heterocycles. The van der Waals surface area contributed by atoms with E-state index < -0.39 is 0 Å². The Morgan fingerprint density at radius 3 is 1.79 bits per heavy atom. The number of halogens is 1. The van der Waals surface area contributed by atoms with Gasteiger partial charge in [0.05, 0.1) is 23.8 Å². The van der Waals surface area contributed by atoms with Gasteiger partial charge >= 0.3 is 19.8 Å². The monoisotopic (exact) mass is 885 g/mol. The average molecular weight is 885 g/mol. The zero-order chi connectivity index (χ0) is 33.9. The minimum absolute atomic E-state index is 0. The molecule has 0 saturated heterocycles. The summed E-state index contributed by atoms with van der Waals surface area (Å²) in [6.07, 6.45) is 5.23. The van der Waals surface area contributed by atoms with E-state index in [9.17, 15) is 4.79 Å². The molecule has 0 aliphatic heterocycles. The number of ether oxygens (including phenoxy) is 1. The minimum atomic E-state index is -0.101. The number of pyridine rings is 3. The van der Waals surface area contributed by atoms with Crippen LogP contribution in [0.15, 0.2) is 85.3 Å². The molecule has 1 N–H and O–H groups in total. The first-order chi connectivity index (χ1) is 22.6. The van der Waals surface area contributed by atoms with E-state index in [2.05, 4.69) is 80.2 Å². The van der Waals surface area contributed by atoms with Crippen LogP contribution in [0.2, 0.25) is 0 Å². The van der Waals surface area contributed by atoms with Crippen LogP contribution < -0.4 is 10.1 Å². The van der Waals surface area contributed by atoms with Crippen molar-refractivity contribution in [2.24, 2.45) is 0 Å². The third-order valence-electron chi connectivity index (χ3n) is 7.49. The van der Waals surface area contributed by atoms with Crippen molar-refractivity contribution in [1.29, 1.82) is 0 Å². The molecule has 1 radical (unpaired) electrons. The maximum atomic E-state index is 11.3. The molecule has 249 valence electrons. The SMILES string of the molecule is COc1ccnc(-c2[c-]ccc(NC(=O)CBr)c2)c1.Cc1nn(-c2ccccn2)c(C)c1C.Cc1nn(-c2ccccn2)c(C)c1C.[Os+]. The smallest absolute Gasteiger partial charge is 0.497 e. The third kappa shape index (κ3) is 9.75. The number of methoxy groups -OCH3 is 1. The Kier molecular flexibility index (Phi) is 14.3. The number of amides is 1. The zero-order valence-electron chi connectivity index (χ0n) is 28.0. The summed E-state index contributed by atoms with van der Waals surface area (Å²) in [6, 6.07) is 23.7. The molecule has 0 atom stereocenters. The van der Waals surface area contributed by atoms with Crippen LogP contribution in [0.5, 0.6) is 5.75 Å². The van der Waals surface area contributed by atoms with Crippen molar-refractivity contribution in [3.05, 3.63) is 125 Å². The van der Waals surface area contributed by atoms with E-state index in [4.69, 9.17) is 4.74 Å². The molecule has 0 saturated carbocycles. The minimum Gasteiger partial charge on any atom is -0.497 e. The molecule has 6 aromatic rings. The first-order valence-electron chi connectivity index (χ1n) is 14.9. The Bertz CT molecular complexity index is 1840. The van der Waals surface area contributed by atoms with Gasteiger partial charge in [0, 0.05) is 30.0 Å². The molecule has 10 nitrogen and oxygen atoms in total. The number of carbonyl (C=O) groups is 1. The number of hydrogen-bond acceptors (Lipinski definition) is 7. The van der Waals surface area contributed by atoms with Gasteiger partial charge in [0.15, 0.2) is 11.6 Å². The van der Waals surface area contributed by atoms with Crippen molar-refractivity contribution in [3.8, 4) is 28.6 Å². The molecule has 0 aliphatic rings.